The Labute approximate surface area is 247 Å². The summed E-state index contributed by atoms with van der Waals surface area (Å²) in [6, 6.07) is 21.1. The third-order valence-corrected chi connectivity index (χ3v) is 8.41. The standard InChI is InChI=1S/C30H35Cl2N3O4S/c1-4-33-30(37)28(20-23-12-6-5-7-13-23)34(21-24-16-17-25(31)26(32)19-24)29(36)15-10-18-35(40(3,38)39)27-14-9-8-11-22(27)2/h5-9,11-14,16-17,19,28H,4,10,15,18,20-21H2,1-3H3,(H,33,37)/t28-/m1/s1. The van der Waals surface area contributed by atoms with Crippen molar-refractivity contribution in [1.82, 2.24) is 10.2 Å². The number of hydrogen-bond acceptors (Lipinski definition) is 4. The Bertz CT molecular complexity index is 1420. The van der Waals surface area contributed by atoms with Crippen molar-refractivity contribution >= 4 is 50.7 Å². The number of sulfonamides is 1. The van der Waals surface area contributed by atoms with Gasteiger partial charge in [-0.2, -0.15) is 0 Å². The van der Waals surface area contributed by atoms with Crippen LogP contribution in [0.4, 0.5) is 5.69 Å². The van der Waals surface area contributed by atoms with Crippen molar-refractivity contribution in [2.45, 2.75) is 45.7 Å². The Hall–Kier alpha value is -3.07. The molecule has 10 heteroatoms. The molecule has 0 spiro atoms. The van der Waals surface area contributed by atoms with Gasteiger partial charge in [-0.05, 0) is 55.2 Å². The molecule has 3 aromatic rings. The minimum absolute atomic E-state index is 0.0456. The summed E-state index contributed by atoms with van der Waals surface area (Å²) in [5.74, 6) is -0.533. The molecule has 0 heterocycles. The SMILES string of the molecule is CCNC(=O)[C@@H](Cc1ccccc1)N(Cc1ccc(Cl)c(Cl)c1)C(=O)CCCN(c1ccccc1C)S(C)(=O)=O. The highest BCUT2D eigenvalue weighted by atomic mass is 35.5. The molecule has 0 saturated carbocycles. The second kappa shape index (κ2) is 14.5. The lowest BCUT2D eigenvalue weighted by molar-refractivity contribution is -0.141. The second-order valence-corrected chi connectivity index (χ2v) is 12.3. The number of para-hydroxylation sites is 1. The molecule has 0 aliphatic rings. The predicted octanol–water partition coefficient (Wildman–Crippen LogP) is 5.62. The number of likely N-dealkylation sites (N-methyl/N-ethyl adjacent to an activating group) is 1. The van der Waals surface area contributed by atoms with Crippen LogP contribution in [0.3, 0.4) is 0 Å². The normalized spacial score (nSPS) is 12.0. The van der Waals surface area contributed by atoms with Crippen molar-refractivity contribution in [1.29, 1.82) is 0 Å². The minimum Gasteiger partial charge on any atom is -0.355 e. The number of carbonyl (C=O) groups excluding carboxylic acids is 2. The Morgan fingerprint density at radius 3 is 2.23 bits per heavy atom. The summed E-state index contributed by atoms with van der Waals surface area (Å²) in [6.07, 6.45) is 1.79. The number of aryl methyl sites for hydroxylation is 1. The van der Waals surface area contributed by atoms with Crippen LogP contribution in [-0.2, 0) is 32.6 Å². The van der Waals surface area contributed by atoms with Gasteiger partial charge in [-0.1, -0.05) is 77.8 Å². The van der Waals surface area contributed by atoms with E-state index in [1.54, 1.807) is 35.2 Å². The molecule has 0 bridgehead atoms. The van der Waals surface area contributed by atoms with E-state index < -0.39 is 16.1 Å². The number of rotatable bonds is 13. The van der Waals surface area contributed by atoms with Gasteiger partial charge in [0.2, 0.25) is 21.8 Å². The molecule has 0 fully saturated rings. The van der Waals surface area contributed by atoms with E-state index in [1.807, 2.05) is 56.3 Å². The van der Waals surface area contributed by atoms with Gasteiger partial charge in [-0.3, -0.25) is 13.9 Å². The Morgan fingerprint density at radius 2 is 1.60 bits per heavy atom. The molecular formula is C30H35Cl2N3O4S. The number of amides is 2. The zero-order valence-electron chi connectivity index (χ0n) is 22.9. The molecule has 1 N–H and O–H groups in total. The first-order valence-corrected chi connectivity index (χ1v) is 15.7. The van der Waals surface area contributed by atoms with Gasteiger partial charge in [-0.15, -0.1) is 0 Å². The van der Waals surface area contributed by atoms with Crippen LogP contribution >= 0.6 is 23.2 Å². The first kappa shape index (κ1) is 31.5. The van der Waals surface area contributed by atoms with Crippen LogP contribution < -0.4 is 9.62 Å². The van der Waals surface area contributed by atoms with Crippen molar-refractivity contribution in [3.8, 4) is 0 Å². The van der Waals surface area contributed by atoms with E-state index in [4.69, 9.17) is 23.2 Å². The van der Waals surface area contributed by atoms with Gasteiger partial charge in [0, 0.05) is 32.5 Å². The molecule has 0 saturated heterocycles. The van der Waals surface area contributed by atoms with Crippen LogP contribution in [0.5, 0.6) is 0 Å². The second-order valence-electron chi connectivity index (χ2n) is 9.60. The fourth-order valence-electron chi connectivity index (χ4n) is 4.51. The number of nitrogens with zero attached hydrogens (tertiary/aromatic N) is 2. The van der Waals surface area contributed by atoms with Crippen molar-refractivity contribution in [3.05, 3.63) is 99.5 Å². The molecule has 7 nitrogen and oxygen atoms in total. The third kappa shape index (κ3) is 8.71. The number of benzene rings is 3. The summed E-state index contributed by atoms with van der Waals surface area (Å²) >= 11 is 12.4. The van der Waals surface area contributed by atoms with Gasteiger partial charge >= 0.3 is 0 Å². The van der Waals surface area contributed by atoms with Gasteiger partial charge in [0.1, 0.15) is 6.04 Å². The summed E-state index contributed by atoms with van der Waals surface area (Å²) in [5, 5.41) is 3.61. The maximum absolute atomic E-state index is 13.8. The van der Waals surface area contributed by atoms with Crippen LogP contribution in [0.25, 0.3) is 0 Å². The average molecular weight is 605 g/mol. The summed E-state index contributed by atoms with van der Waals surface area (Å²) in [6.45, 7) is 4.35. The van der Waals surface area contributed by atoms with Crippen LogP contribution in [0.1, 0.15) is 36.5 Å². The molecule has 0 aliphatic carbocycles. The lowest BCUT2D eigenvalue weighted by Gasteiger charge is -2.32. The highest BCUT2D eigenvalue weighted by Crippen LogP contribution is 2.26. The molecule has 3 rings (SSSR count). The van der Waals surface area contributed by atoms with Gasteiger partial charge < -0.3 is 10.2 Å². The maximum Gasteiger partial charge on any atom is 0.243 e. The molecule has 1 atom stereocenters. The van der Waals surface area contributed by atoms with Crippen molar-refractivity contribution in [2.24, 2.45) is 0 Å². The van der Waals surface area contributed by atoms with Crippen LogP contribution in [0.2, 0.25) is 10.0 Å². The van der Waals surface area contributed by atoms with E-state index in [9.17, 15) is 18.0 Å². The monoisotopic (exact) mass is 603 g/mol. The molecule has 214 valence electrons. The van der Waals surface area contributed by atoms with E-state index in [1.165, 1.54) is 4.31 Å². The topological polar surface area (TPSA) is 86.8 Å². The molecule has 3 aromatic carbocycles. The van der Waals surface area contributed by atoms with Crippen LogP contribution in [-0.4, -0.2) is 50.5 Å². The van der Waals surface area contributed by atoms with Gasteiger partial charge in [-0.25, -0.2) is 8.42 Å². The van der Waals surface area contributed by atoms with Crippen LogP contribution in [0.15, 0.2) is 72.8 Å². The highest BCUT2D eigenvalue weighted by Gasteiger charge is 2.30. The summed E-state index contributed by atoms with van der Waals surface area (Å²) in [4.78, 5) is 28.6. The molecule has 0 radical (unpaired) electrons. The highest BCUT2D eigenvalue weighted by molar-refractivity contribution is 7.92. The Morgan fingerprint density at radius 1 is 0.925 bits per heavy atom. The van der Waals surface area contributed by atoms with Crippen molar-refractivity contribution in [3.63, 3.8) is 0 Å². The van der Waals surface area contributed by atoms with Crippen molar-refractivity contribution < 1.29 is 18.0 Å². The largest absolute Gasteiger partial charge is 0.355 e. The third-order valence-electron chi connectivity index (χ3n) is 6.50. The van der Waals surface area contributed by atoms with E-state index in [0.29, 0.717) is 28.7 Å². The Kier molecular flexibility index (Phi) is 11.4. The number of halogens is 2. The first-order chi connectivity index (χ1) is 19.0. The molecule has 40 heavy (non-hydrogen) atoms. The first-order valence-electron chi connectivity index (χ1n) is 13.1. The zero-order chi connectivity index (χ0) is 29.3. The van der Waals surface area contributed by atoms with E-state index in [0.717, 1.165) is 22.9 Å². The molecule has 0 unspecified atom stereocenters. The van der Waals surface area contributed by atoms with E-state index >= 15 is 0 Å². The Balaban J connectivity index is 1.89. The van der Waals surface area contributed by atoms with Gasteiger partial charge in [0.25, 0.3) is 0 Å². The zero-order valence-corrected chi connectivity index (χ0v) is 25.3. The van der Waals surface area contributed by atoms with E-state index in [2.05, 4.69) is 5.32 Å². The minimum atomic E-state index is -3.58. The van der Waals surface area contributed by atoms with Gasteiger partial charge in [0.05, 0.1) is 22.0 Å². The number of anilines is 1. The summed E-state index contributed by atoms with van der Waals surface area (Å²) in [7, 11) is -3.58. The fraction of sp³-hybridized carbons (Fsp3) is 0.333. The van der Waals surface area contributed by atoms with Gasteiger partial charge in [0.15, 0.2) is 0 Å². The number of hydrogen-bond donors (Lipinski definition) is 1. The average Bonchev–Trinajstić information content (AvgIpc) is 2.91. The molecule has 0 aliphatic heterocycles. The summed E-state index contributed by atoms with van der Waals surface area (Å²) in [5.41, 5.74) is 3.03. The smallest absolute Gasteiger partial charge is 0.243 e. The number of nitrogens with one attached hydrogen (secondary N) is 1. The molecule has 2 amide bonds. The maximum atomic E-state index is 13.8. The predicted molar refractivity (Wildman–Crippen MR) is 162 cm³/mol. The molecule has 0 aromatic heterocycles. The quantitative estimate of drug-likeness (QED) is 0.274. The lowest BCUT2D eigenvalue weighted by atomic mass is 10.0. The van der Waals surface area contributed by atoms with E-state index in [-0.39, 0.29) is 37.7 Å². The summed E-state index contributed by atoms with van der Waals surface area (Å²) < 4.78 is 26.6. The molecular weight excluding hydrogens is 569 g/mol. The lowest BCUT2D eigenvalue weighted by Crippen LogP contribution is -2.50. The fourth-order valence-corrected chi connectivity index (χ4v) is 5.85. The van der Waals surface area contributed by atoms with Crippen LogP contribution in [0, 0.1) is 6.92 Å². The number of carbonyl (C=O) groups is 2. The van der Waals surface area contributed by atoms with Crippen molar-refractivity contribution in [2.75, 3.05) is 23.7 Å².